The Morgan fingerprint density at radius 2 is 1.86 bits per heavy atom. The van der Waals surface area contributed by atoms with Crippen molar-refractivity contribution >= 4 is 40.3 Å². The second-order valence-corrected chi connectivity index (χ2v) is 6.17. The lowest BCUT2D eigenvalue weighted by atomic mass is 10.1. The molecule has 0 atom stereocenters. The van der Waals surface area contributed by atoms with E-state index in [1.807, 2.05) is 0 Å². The Balaban J connectivity index is 1.41. The molecule has 3 amide bonds. The minimum absolute atomic E-state index is 0.0908. The van der Waals surface area contributed by atoms with Crippen molar-refractivity contribution in [3.8, 4) is 0 Å². The maximum absolute atomic E-state index is 12.2. The minimum atomic E-state index is -0.732. The summed E-state index contributed by atoms with van der Waals surface area (Å²) in [4.78, 5) is 49.1. The number of carbonyl (C=O) groups excluding carboxylic acids is 4. The number of rotatable bonds is 4. The van der Waals surface area contributed by atoms with E-state index in [-0.39, 0.29) is 16.8 Å². The summed E-state index contributed by atoms with van der Waals surface area (Å²) in [5.74, 6) is -2.15. The number of carbonyl (C=O) groups is 4. The number of nitrogens with one attached hydrogen (secondary N) is 2. The van der Waals surface area contributed by atoms with Gasteiger partial charge in [-0.15, -0.1) is 0 Å². The van der Waals surface area contributed by atoms with Crippen LogP contribution in [-0.4, -0.2) is 52.4 Å². The molecule has 0 unspecified atom stereocenters. The number of esters is 1. The zero-order chi connectivity index (χ0) is 19.8. The summed E-state index contributed by atoms with van der Waals surface area (Å²) in [5.41, 5.74) is 1.59. The van der Waals surface area contributed by atoms with Crippen molar-refractivity contribution in [3.63, 3.8) is 0 Å². The van der Waals surface area contributed by atoms with E-state index < -0.39 is 30.3 Å². The molecular formula is C19H14N4O5. The molecule has 140 valence electrons. The molecule has 0 saturated heterocycles. The molecule has 4 rings (SSSR count). The van der Waals surface area contributed by atoms with Crippen molar-refractivity contribution in [2.24, 2.45) is 0 Å². The number of para-hydroxylation sites is 1. The van der Waals surface area contributed by atoms with Gasteiger partial charge in [-0.1, -0.05) is 18.2 Å². The standard InChI is InChI=1S/C19H14N4O5/c1-23-17(25)11-7-6-10(8-13(11)18(23)26)20-15(24)9-28-19(27)16-12-4-2-3-5-14(12)21-22-16/h2-8H,9H2,1H3,(H,20,24)(H,21,22). The normalized spacial score (nSPS) is 13.0. The Hall–Kier alpha value is -4.01. The summed E-state index contributed by atoms with van der Waals surface area (Å²) < 4.78 is 5.01. The third-order valence-corrected chi connectivity index (χ3v) is 4.37. The maximum atomic E-state index is 12.2. The number of aromatic nitrogens is 2. The number of aromatic amines is 1. The monoisotopic (exact) mass is 378 g/mol. The average Bonchev–Trinajstić information content (AvgIpc) is 3.22. The fraction of sp³-hybridized carbons (Fsp3) is 0.105. The van der Waals surface area contributed by atoms with E-state index in [0.29, 0.717) is 16.6 Å². The molecule has 1 aliphatic heterocycles. The van der Waals surface area contributed by atoms with Crippen LogP contribution in [0.2, 0.25) is 0 Å². The first-order valence-corrected chi connectivity index (χ1v) is 8.32. The van der Waals surface area contributed by atoms with Crippen LogP contribution in [-0.2, 0) is 9.53 Å². The molecule has 0 bridgehead atoms. The molecule has 0 saturated carbocycles. The highest BCUT2D eigenvalue weighted by Gasteiger charge is 2.32. The molecule has 28 heavy (non-hydrogen) atoms. The quantitative estimate of drug-likeness (QED) is 0.525. The van der Waals surface area contributed by atoms with E-state index in [1.54, 1.807) is 24.3 Å². The number of hydrogen-bond donors (Lipinski definition) is 2. The number of nitrogens with zero attached hydrogens (tertiary/aromatic N) is 2. The zero-order valence-electron chi connectivity index (χ0n) is 14.7. The van der Waals surface area contributed by atoms with Crippen LogP contribution in [0.25, 0.3) is 10.9 Å². The fourth-order valence-electron chi connectivity index (χ4n) is 2.95. The highest BCUT2D eigenvalue weighted by Crippen LogP contribution is 2.24. The van der Waals surface area contributed by atoms with Crippen LogP contribution >= 0.6 is 0 Å². The van der Waals surface area contributed by atoms with E-state index in [2.05, 4.69) is 15.5 Å². The average molecular weight is 378 g/mol. The van der Waals surface area contributed by atoms with Crippen molar-refractivity contribution in [2.45, 2.75) is 0 Å². The van der Waals surface area contributed by atoms with Crippen molar-refractivity contribution in [1.29, 1.82) is 0 Å². The largest absolute Gasteiger partial charge is 0.451 e. The number of H-pyrrole nitrogens is 1. The van der Waals surface area contributed by atoms with Gasteiger partial charge in [0.1, 0.15) is 0 Å². The molecule has 0 fully saturated rings. The molecule has 1 aromatic heterocycles. The number of fused-ring (bicyclic) bond motifs is 2. The third-order valence-electron chi connectivity index (χ3n) is 4.37. The molecule has 2 heterocycles. The lowest BCUT2D eigenvalue weighted by Gasteiger charge is -2.07. The Bertz CT molecular complexity index is 1150. The second kappa shape index (κ2) is 6.62. The Kier molecular flexibility index (Phi) is 4.11. The molecule has 9 nitrogen and oxygen atoms in total. The number of ether oxygens (including phenoxy) is 1. The van der Waals surface area contributed by atoms with Crippen LogP contribution in [0.4, 0.5) is 5.69 Å². The van der Waals surface area contributed by atoms with Crippen molar-refractivity contribution in [2.75, 3.05) is 19.0 Å². The van der Waals surface area contributed by atoms with Crippen LogP contribution in [0.5, 0.6) is 0 Å². The van der Waals surface area contributed by atoms with Gasteiger partial charge in [-0.25, -0.2) is 4.79 Å². The molecule has 1 aliphatic rings. The molecule has 0 radical (unpaired) electrons. The first-order chi connectivity index (χ1) is 13.5. The highest BCUT2D eigenvalue weighted by molar-refractivity contribution is 6.21. The van der Waals surface area contributed by atoms with Gasteiger partial charge in [-0.2, -0.15) is 5.10 Å². The lowest BCUT2D eigenvalue weighted by Crippen LogP contribution is -2.24. The molecule has 0 spiro atoms. The molecule has 3 aromatic rings. The summed E-state index contributed by atoms with van der Waals surface area (Å²) in [7, 11) is 1.39. The summed E-state index contributed by atoms with van der Waals surface area (Å²) >= 11 is 0. The van der Waals surface area contributed by atoms with E-state index in [9.17, 15) is 19.2 Å². The van der Waals surface area contributed by atoms with Gasteiger partial charge in [0.2, 0.25) is 0 Å². The first-order valence-electron chi connectivity index (χ1n) is 8.32. The van der Waals surface area contributed by atoms with Crippen molar-refractivity contribution in [3.05, 3.63) is 59.3 Å². The minimum Gasteiger partial charge on any atom is -0.451 e. The van der Waals surface area contributed by atoms with Crippen LogP contribution in [0.15, 0.2) is 42.5 Å². The predicted molar refractivity (Wildman–Crippen MR) is 97.9 cm³/mol. The molecule has 9 heteroatoms. The zero-order valence-corrected chi connectivity index (χ0v) is 14.7. The van der Waals surface area contributed by atoms with Crippen LogP contribution in [0.1, 0.15) is 31.2 Å². The molecule has 0 aliphatic carbocycles. The SMILES string of the molecule is CN1C(=O)c2ccc(NC(=O)COC(=O)c3n[nH]c4ccccc34)cc2C1=O. The molecule has 2 aromatic carbocycles. The molecular weight excluding hydrogens is 364 g/mol. The Morgan fingerprint density at radius 3 is 2.68 bits per heavy atom. The number of anilines is 1. The third kappa shape index (κ3) is 2.88. The van der Waals surface area contributed by atoms with Crippen LogP contribution in [0.3, 0.4) is 0 Å². The van der Waals surface area contributed by atoms with Crippen LogP contribution < -0.4 is 5.32 Å². The van der Waals surface area contributed by atoms with Crippen LogP contribution in [0, 0.1) is 0 Å². The summed E-state index contributed by atoms with van der Waals surface area (Å²) in [6.07, 6.45) is 0. The van der Waals surface area contributed by atoms with Crippen molar-refractivity contribution < 1.29 is 23.9 Å². The first kappa shape index (κ1) is 17.4. The number of benzene rings is 2. The number of hydrogen-bond acceptors (Lipinski definition) is 6. The van der Waals surface area contributed by atoms with E-state index in [4.69, 9.17) is 4.74 Å². The summed E-state index contributed by atoms with van der Waals surface area (Å²) in [6, 6.07) is 11.4. The van der Waals surface area contributed by atoms with Gasteiger partial charge in [0.15, 0.2) is 12.3 Å². The Morgan fingerprint density at radius 1 is 1.11 bits per heavy atom. The van der Waals surface area contributed by atoms with E-state index in [0.717, 1.165) is 4.90 Å². The highest BCUT2D eigenvalue weighted by atomic mass is 16.5. The lowest BCUT2D eigenvalue weighted by molar-refractivity contribution is -0.119. The summed E-state index contributed by atoms with van der Waals surface area (Å²) in [5, 5.41) is 9.76. The van der Waals surface area contributed by atoms with Gasteiger partial charge in [0.25, 0.3) is 17.7 Å². The van der Waals surface area contributed by atoms with Crippen molar-refractivity contribution in [1.82, 2.24) is 15.1 Å². The smallest absolute Gasteiger partial charge is 0.359 e. The van der Waals surface area contributed by atoms with Gasteiger partial charge in [-0.05, 0) is 24.3 Å². The molecule has 2 N–H and O–H groups in total. The van der Waals surface area contributed by atoms with E-state index in [1.165, 1.54) is 25.2 Å². The predicted octanol–water partition coefficient (Wildman–Crippen LogP) is 1.58. The maximum Gasteiger partial charge on any atom is 0.359 e. The van der Waals surface area contributed by atoms with E-state index >= 15 is 0 Å². The van der Waals surface area contributed by atoms with Gasteiger partial charge >= 0.3 is 5.97 Å². The second-order valence-electron chi connectivity index (χ2n) is 6.17. The Labute approximate surface area is 158 Å². The number of imide groups is 1. The van der Waals surface area contributed by atoms with Gasteiger partial charge in [0.05, 0.1) is 16.6 Å². The van der Waals surface area contributed by atoms with Gasteiger partial charge < -0.3 is 10.1 Å². The summed E-state index contributed by atoms with van der Waals surface area (Å²) in [6.45, 7) is -0.524. The topological polar surface area (TPSA) is 121 Å². The van der Waals surface area contributed by atoms with Gasteiger partial charge in [-0.3, -0.25) is 24.4 Å². The fourth-order valence-corrected chi connectivity index (χ4v) is 2.95. The number of amides is 3. The van der Waals surface area contributed by atoms with Gasteiger partial charge in [0, 0.05) is 18.1 Å².